The van der Waals surface area contributed by atoms with Crippen LogP contribution in [0.5, 0.6) is 11.5 Å². The molecule has 0 aromatic heterocycles. The summed E-state index contributed by atoms with van der Waals surface area (Å²) in [7, 11) is 0. The molecule has 1 aliphatic heterocycles. The van der Waals surface area contributed by atoms with Crippen molar-refractivity contribution in [3.05, 3.63) is 46.4 Å². The minimum atomic E-state index is 0.671. The lowest BCUT2D eigenvalue weighted by molar-refractivity contribution is 0.454. The van der Waals surface area contributed by atoms with Crippen LogP contribution >= 0.6 is 35.0 Å². The molecule has 0 N–H and O–H groups in total. The molecule has 80 valence electrons. The Kier molecular flexibility index (Phi) is 2.51. The molecule has 0 radical (unpaired) electrons. The number of hydrogen-bond acceptors (Lipinski definition) is 2. The van der Waals surface area contributed by atoms with Gasteiger partial charge >= 0.3 is 0 Å². The molecular formula is C12H6Cl2OS. The summed E-state index contributed by atoms with van der Waals surface area (Å²) in [4.78, 5) is 1.99. The van der Waals surface area contributed by atoms with Crippen molar-refractivity contribution in [1.29, 1.82) is 0 Å². The van der Waals surface area contributed by atoms with Crippen LogP contribution in [0.2, 0.25) is 10.0 Å². The van der Waals surface area contributed by atoms with Gasteiger partial charge in [0.05, 0.1) is 14.8 Å². The molecule has 0 unspecified atom stereocenters. The number of benzene rings is 2. The Morgan fingerprint density at radius 3 is 2.75 bits per heavy atom. The van der Waals surface area contributed by atoms with E-state index in [1.165, 1.54) is 0 Å². The number of rotatable bonds is 0. The number of hydrogen-bond donors (Lipinski definition) is 0. The van der Waals surface area contributed by atoms with Gasteiger partial charge in [-0.1, -0.05) is 41.0 Å². The van der Waals surface area contributed by atoms with Gasteiger partial charge in [-0.25, -0.2) is 0 Å². The van der Waals surface area contributed by atoms with E-state index in [0.29, 0.717) is 10.0 Å². The van der Waals surface area contributed by atoms with E-state index in [1.807, 2.05) is 36.4 Å². The maximum atomic E-state index is 6.11. The molecule has 0 spiro atoms. The third-order valence-electron chi connectivity index (χ3n) is 2.27. The lowest BCUT2D eigenvalue weighted by Gasteiger charge is -2.20. The fraction of sp³-hybridized carbons (Fsp3) is 0. The Labute approximate surface area is 107 Å². The van der Waals surface area contributed by atoms with E-state index in [4.69, 9.17) is 27.9 Å². The second-order valence-corrected chi connectivity index (χ2v) is 5.26. The third-order valence-corrected chi connectivity index (χ3v) is 4.11. The fourth-order valence-corrected chi connectivity index (χ4v) is 2.92. The molecule has 0 bridgehead atoms. The van der Waals surface area contributed by atoms with E-state index in [1.54, 1.807) is 11.8 Å². The molecule has 4 heteroatoms. The largest absolute Gasteiger partial charge is 0.455 e. The summed E-state index contributed by atoms with van der Waals surface area (Å²) in [6.07, 6.45) is 0. The van der Waals surface area contributed by atoms with Crippen LogP contribution in [-0.2, 0) is 0 Å². The highest BCUT2D eigenvalue weighted by atomic mass is 35.5. The Morgan fingerprint density at radius 1 is 1.00 bits per heavy atom. The first-order chi connectivity index (χ1) is 7.74. The minimum Gasteiger partial charge on any atom is -0.455 e. The van der Waals surface area contributed by atoms with Crippen molar-refractivity contribution in [2.45, 2.75) is 9.79 Å². The highest BCUT2D eigenvalue weighted by molar-refractivity contribution is 7.99. The van der Waals surface area contributed by atoms with Crippen LogP contribution in [0.15, 0.2) is 46.2 Å². The van der Waals surface area contributed by atoms with Crippen LogP contribution in [0.25, 0.3) is 0 Å². The van der Waals surface area contributed by atoms with Gasteiger partial charge in [0.2, 0.25) is 0 Å². The highest BCUT2D eigenvalue weighted by Crippen LogP contribution is 2.50. The second kappa shape index (κ2) is 3.88. The SMILES string of the molecule is Clc1ccc2c(c1)Oc1cccc(Cl)c1S2. The minimum absolute atomic E-state index is 0.671. The van der Waals surface area contributed by atoms with Crippen LogP contribution in [-0.4, -0.2) is 0 Å². The smallest absolute Gasteiger partial charge is 0.142 e. The van der Waals surface area contributed by atoms with E-state index < -0.39 is 0 Å². The van der Waals surface area contributed by atoms with E-state index in [2.05, 4.69) is 0 Å². The van der Waals surface area contributed by atoms with Gasteiger partial charge in [-0.05, 0) is 24.3 Å². The van der Waals surface area contributed by atoms with Crippen molar-refractivity contribution in [3.63, 3.8) is 0 Å². The van der Waals surface area contributed by atoms with Gasteiger partial charge in [0.25, 0.3) is 0 Å². The molecule has 0 fully saturated rings. The van der Waals surface area contributed by atoms with Crippen LogP contribution in [0.4, 0.5) is 0 Å². The summed E-state index contributed by atoms with van der Waals surface area (Å²) in [5, 5.41) is 1.38. The van der Waals surface area contributed by atoms with Crippen LogP contribution in [0, 0.1) is 0 Å². The molecule has 16 heavy (non-hydrogen) atoms. The number of halogens is 2. The first-order valence-electron chi connectivity index (χ1n) is 4.68. The Hall–Kier alpha value is -0.830. The van der Waals surface area contributed by atoms with E-state index in [0.717, 1.165) is 21.3 Å². The maximum Gasteiger partial charge on any atom is 0.142 e. The summed E-state index contributed by atoms with van der Waals surface area (Å²) >= 11 is 13.6. The highest BCUT2D eigenvalue weighted by Gasteiger charge is 2.19. The maximum absolute atomic E-state index is 6.11. The molecule has 0 atom stereocenters. The zero-order valence-electron chi connectivity index (χ0n) is 8.04. The van der Waals surface area contributed by atoms with Crippen molar-refractivity contribution >= 4 is 35.0 Å². The van der Waals surface area contributed by atoms with Gasteiger partial charge in [-0.3, -0.25) is 0 Å². The average Bonchev–Trinajstić information content (AvgIpc) is 2.27. The predicted molar refractivity (Wildman–Crippen MR) is 67.1 cm³/mol. The lowest BCUT2D eigenvalue weighted by atomic mass is 10.3. The Bertz CT molecular complexity index is 569. The molecule has 3 rings (SSSR count). The zero-order valence-corrected chi connectivity index (χ0v) is 10.4. The van der Waals surface area contributed by atoms with Crippen molar-refractivity contribution in [1.82, 2.24) is 0 Å². The van der Waals surface area contributed by atoms with Crippen LogP contribution in [0.3, 0.4) is 0 Å². The van der Waals surface area contributed by atoms with E-state index in [9.17, 15) is 0 Å². The lowest BCUT2D eigenvalue weighted by Crippen LogP contribution is -1.95. The molecular weight excluding hydrogens is 263 g/mol. The van der Waals surface area contributed by atoms with Crippen molar-refractivity contribution in [2.75, 3.05) is 0 Å². The second-order valence-electron chi connectivity index (χ2n) is 3.36. The Balaban J connectivity index is 2.13. The topological polar surface area (TPSA) is 9.23 Å². The molecule has 1 aliphatic rings. The van der Waals surface area contributed by atoms with Gasteiger partial charge in [0.15, 0.2) is 0 Å². The molecule has 0 saturated carbocycles. The summed E-state index contributed by atoms with van der Waals surface area (Å²) in [5.41, 5.74) is 0. The normalized spacial score (nSPS) is 12.6. The summed E-state index contributed by atoms with van der Waals surface area (Å²) < 4.78 is 5.75. The van der Waals surface area contributed by atoms with E-state index >= 15 is 0 Å². The van der Waals surface area contributed by atoms with Gasteiger partial charge in [-0.15, -0.1) is 0 Å². The summed E-state index contributed by atoms with van der Waals surface area (Å²) in [6, 6.07) is 11.2. The van der Waals surface area contributed by atoms with Gasteiger partial charge in [0.1, 0.15) is 11.5 Å². The number of fused-ring (bicyclic) bond motifs is 2. The molecule has 1 nitrogen and oxygen atoms in total. The average molecular weight is 269 g/mol. The predicted octanol–water partition coefficient (Wildman–Crippen LogP) is 5.25. The van der Waals surface area contributed by atoms with Gasteiger partial charge in [-0.2, -0.15) is 0 Å². The molecule has 0 aliphatic carbocycles. The van der Waals surface area contributed by atoms with Crippen LogP contribution < -0.4 is 4.74 Å². The van der Waals surface area contributed by atoms with Crippen molar-refractivity contribution in [3.8, 4) is 11.5 Å². The molecule has 2 aromatic rings. The quantitative estimate of drug-likeness (QED) is 0.551. The molecule has 1 heterocycles. The van der Waals surface area contributed by atoms with Crippen molar-refractivity contribution < 1.29 is 4.74 Å². The first-order valence-corrected chi connectivity index (χ1v) is 6.25. The molecule has 0 saturated heterocycles. The zero-order chi connectivity index (χ0) is 11.1. The third kappa shape index (κ3) is 1.67. The monoisotopic (exact) mass is 268 g/mol. The summed E-state index contributed by atoms with van der Waals surface area (Å²) in [6.45, 7) is 0. The number of ether oxygens (including phenoxy) is 1. The standard InChI is InChI=1S/C12H6Cl2OS/c13-7-4-5-11-10(6-7)15-9-3-1-2-8(14)12(9)16-11/h1-6H. The Morgan fingerprint density at radius 2 is 1.88 bits per heavy atom. The van der Waals surface area contributed by atoms with Crippen LogP contribution in [0.1, 0.15) is 0 Å². The fourth-order valence-electron chi connectivity index (χ4n) is 1.54. The van der Waals surface area contributed by atoms with Gasteiger partial charge in [0, 0.05) is 11.1 Å². The van der Waals surface area contributed by atoms with E-state index in [-0.39, 0.29) is 0 Å². The molecule has 2 aromatic carbocycles. The summed E-state index contributed by atoms with van der Waals surface area (Å²) in [5.74, 6) is 1.57. The molecule has 0 amide bonds. The van der Waals surface area contributed by atoms with Crippen molar-refractivity contribution in [2.24, 2.45) is 0 Å². The van der Waals surface area contributed by atoms with Gasteiger partial charge < -0.3 is 4.74 Å². The first kappa shape index (κ1) is 10.3.